The number of likely N-dealkylation sites (tertiary alicyclic amines) is 1. The molecule has 3 rings (SSSR count). The molecule has 31 heavy (non-hydrogen) atoms. The predicted octanol–water partition coefficient (Wildman–Crippen LogP) is 2.86. The fraction of sp³-hybridized carbons (Fsp3) is 0.409. The van der Waals surface area contributed by atoms with E-state index in [0.29, 0.717) is 54.5 Å². The molecule has 1 fully saturated rings. The van der Waals surface area contributed by atoms with E-state index in [1.807, 2.05) is 18.4 Å². The number of nitrogens with one attached hydrogen (secondary N) is 2. The van der Waals surface area contributed by atoms with Crippen LogP contribution in [0, 0.1) is 5.92 Å². The van der Waals surface area contributed by atoms with Crippen LogP contribution in [0.4, 0.5) is 0 Å². The number of piperidine rings is 1. The first-order valence-corrected chi connectivity index (χ1v) is 11.1. The molecule has 3 amide bonds. The van der Waals surface area contributed by atoms with Gasteiger partial charge in [0.15, 0.2) is 11.5 Å². The van der Waals surface area contributed by atoms with E-state index in [-0.39, 0.29) is 17.7 Å². The number of hydrogen-bond acceptors (Lipinski definition) is 6. The second kappa shape index (κ2) is 10.8. The quantitative estimate of drug-likeness (QED) is 0.639. The Bertz CT molecular complexity index is 908. The Kier molecular flexibility index (Phi) is 7.88. The highest BCUT2D eigenvalue weighted by Crippen LogP contribution is 2.28. The number of rotatable bonds is 7. The van der Waals surface area contributed by atoms with Crippen LogP contribution in [0.5, 0.6) is 11.5 Å². The number of carbonyl (C=O) groups is 3. The Morgan fingerprint density at radius 3 is 2.55 bits per heavy atom. The van der Waals surface area contributed by atoms with Crippen molar-refractivity contribution in [2.24, 2.45) is 5.92 Å². The molecule has 8 nitrogen and oxygen atoms in total. The van der Waals surface area contributed by atoms with Gasteiger partial charge in [0, 0.05) is 24.6 Å². The molecule has 1 aliphatic heterocycles. The first kappa shape index (κ1) is 22.6. The van der Waals surface area contributed by atoms with E-state index in [1.54, 1.807) is 29.2 Å². The van der Waals surface area contributed by atoms with E-state index in [0.717, 1.165) is 6.42 Å². The lowest BCUT2D eigenvalue weighted by Gasteiger charge is -2.31. The van der Waals surface area contributed by atoms with Crippen molar-refractivity contribution in [2.45, 2.75) is 26.2 Å². The molecule has 1 saturated heterocycles. The lowest BCUT2D eigenvalue weighted by molar-refractivity contribution is -0.127. The number of carbonyl (C=O) groups excluding carboxylic acids is 3. The molecule has 1 aromatic carbocycles. The molecular formula is C22H27N3O5S. The SMILES string of the molecule is CCCOc1ccc(C(=O)NNC(=O)C2CCN(C(=O)c3cccs3)CC2)cc1OC. The maximum absolute atomic E-state index is 12.5. The Morgan fingerprint density at radius 1 is 1.13 bits per heavy atom. The molecule has 0 aliphatic carbocycles. The van der Waals surface area contributed by atoms with Crippen LogP contribution in [-0.4, -0.2) is 49.4 Å². The summed E-state index contributed by atoms with van der Waals surface area (Å²) in [6.45, 7) is 3.58. The second-order valence-electron chi connectivity index (χ2n) is 7.20. The van der Waals surface area contributed by atoms with E-state index >= 15 is 0 Å². The third-order valence-corrected chi connectivity index (χ3v) is 5.93. The summed E-state index contributed by atoms with van der Waals surface area (Å²) in [6, 6.07) is 8.51. The number of nitrogens with zero attached hydrogens (tertiary/aromatic N) is 1. The number of methoxy groups -OCH3 is 1. The number of hydrogen-bond donors (Lipinski definition) is 2. The second-order valence-corrected chi connectivity index (χ2v) is 8.15. The molecule has 0 radical (unpaired) electrons. The van der Waals surface area contributed by atoms with Crippen molar-refractivity contribution in [3.8, 4) is 11.5 Å². The highest BCUT2D eigenvalue weighted by atomic mass is 32.1. The van der Waals surface area contributed by atoms with E-state index in [1.165, 1.54) is 18.4 Å². The summed E-state index contributed by atoms with van der Waals surface area (Å²) >= 11 is 1.41. The van der Waals surface area contributed by atoms with E-state index in [4.69, 9.17) is 9.47 Å². The van der Waals surface area contributed by atoms with E-state index in [2.05, 4.69) is 10.9 Å². The van der Waals surface area contributed by atoms with Crippen LogP contribution in [0.25, 0.3) is 0 Å². The zero-order valence-corrected chi connectivity index (χ0v) is 18.5. The van der Waals surface area contributed by atoms with Gasteiger partial charge in [-0.15, -0.1) is 11.3 Å². The summed E-state index contributed by atoms with van der Waals surface area (Å²) < 4.78 is 10.9. The average Bonchev–Trinajstić information content (AvgIpc) is 3.35. The van der Waals surface area contributed by atoms with Crippen molar-refractivity contribution < 1.29 is 23.9 Å². The number of amides is 3. The predicted molar refractivity (Wildman–Crippen MR) is 117 cm³/mol. The van der Waals surface area contributed by atoms with Gasteiger partial charge in [-0.2, -0.15) is 0 Å². The zero-order chi connectivity index (χ0) is 22.2. The van der Waals surface area contributed by atoms with Gasteiger partial charge in [0.2, 0.25) is 5.91 Å². The molecule has 1 aliphatic rings. The van der Waals surface area contributed by atoms with Gasteiger partial charge >= 0.3 is 0 Å². The summed E-state index contributed by atoms with van der Waals surface area (Å²) in [5.41, 5.74) is 5.29. The highest BCUT2D eigenvalue weighted by Gasteiger charge is 2.28. The van der Waals surface area contributed by atoms with Gasteiger partial charge in [0.25, 0.3) is 11.8 Å². The fourth-order valence-electron chi connectivity index (χ4n) is 3.33. The zero-order valence-electron chi connectivity index (χ0n) is 17.7. The van der Waals surface area contributed by atoms with Crippen LogP contribution >= 0.6 is 11.3 Å². The van der Waals surface area contributed by atoms with Crippen LogP contribution in [0.1, 0.15) is 46.2 Å². The first-order valence-electron chi connectivity index (χ1n) is 10.3. The van der Waals surface area contributed by atoms with Crippen molar-refractivity contribution in [2.75, 3.05) is 26.8 Å². The maximum atomic E-state index is 12.5. The fourth-order valence-corrected chi connectivity index (χ4v) is 4.02. The van der Waals surface area contributed by atoms with Crippen LogP contribution in [0.15, 0.2) is 35.7 Å². The minimum Gasteiger partial charge on any atom is -0.493 e. The summed E-state index contributed by atoms with van der Waals surface area (Å²) in [5, 5.41) is 1.87. The monoisotopic (exact) mass is 445 g/mol. The van der Waals surface area contributed by atoms with Crippen molar-refractivity contribution in [1.82, 2.24) is 15.8 Å². The Hall–Kier alpha value is -3.07. The van der Waals surface area contributed by atoms with E-state index < -0.39 is 5.91 Å². The lowest BCUT2D eigenvalue weighted by atomic mass is 9.96. The molecule has 2 aromatic rings. The molecule has 9 heteroatoms. The standard InChI is InChI=1S/C22H27N3O5S/c1-3-12-30-17-7-6-16(14-18(17)29-2)21(27)24-23-20(26)15-8-10-25(11-9-15)22(28)19-5-4-13-31-19/h4-7,13-15H,3,8-12H2,1-2H3,(H,23,26)(H,24,27). The molecule has 2 heterocycles. The summed E-state index contributed by atoms with van der Waals surface area (Å²) in [4.78, 5) is 39.8. The van der Waals surface area contributed by atoms with Crippen molar-refractivity contribution in [3.05, 3.63) is 46.2 Å². The van der Waals surface area contributed by atoms with Crippen LogP contribution < -0.4 is 20.3 Å². The molecule has 166 valence electrons. The normalized spacial score (nSPS) is 14.1. The topological polar surface area (TPSA) is 97.0 Å². The van der Waals surface area contributed by atoms with E-state index in [9.17, 15) is 14.4 Å². The molecule has 2 N–H and O–H groups in total. The Morgan fingerprint density at radius 2 is 1.90 bits per heavy atom. The number of benzene rings is 1. The summed E-state index contributed by atoms with van der Waals surface area (Å²) in [5.74, 6) is 0.0592. The Balaban J connectivity index is 1.48. The Labute approximate surface area is 185 Å². The molecule has 0 spiro atoms. The average molecular weight is 446 g/mol. The van der Waals surface area contributed by atoms with Gasteiger partial charge in [-0.05, 0) is 48.9 Å². The number of thiophene rings is 1. The molecular weight excluding hydrogens is 418 g/mol. The van der Waals surface area contributed by atoms with Crippen LogP contribution in [-0.2, 0) is 4.79 Å². The first-order chi connectivity index (χ1) is 15.0. The molecule has 1 aromatic heterocycles. The maximum Gasteiger partial charge on any atom is 0.269 e. The smallest absolute Gasteiger partial charge is 0.269 e. The largest absolute Gasteiger partial charge is 0.493 e. The van der Waals surface area contributed by atoms with Gasteiger partial charge in [-0.25, -0.2) is 0 Å². The third-order valence-electron chi connectivity index (χ3n) is 5.07. The summed E-state index contributed by atoms with van der Waals surface area (Å²) in [7, 11) is 1.51. The summed E-state index contributed by atoms with van der Waals surface area (Å²) in [6.07, 6.45) is 1.96. The van der Waals surface area contributed by atoms with Gasteiger partial charge in [-0.3, -0.25) is 25.2 Å². The molecule has 0 atom stereocenters. The number of ether oxygens (including phenoxy) is 2. The molecule has 0 saturated carbocycles. The van der Waals surface area contributed by atoms with Gasteiger partial charge in [-0.1, -0.05) is 13.0 Å². The van der Waals surface area contributed by atoms with Crippen molar-refractivity contribution in [1.29, 1.82) is 0 Å². The molecule has 0 bridgehead atoms. The van der Waals surface area contributed by atoms with Gasteiger partial charge in [0.1, 0.15) is 0 Å². The third kappa shape index (κ3) is 5.75. The minimum absolute atomic E-state index is 0.00229. The van der Waals surface area contributed by atoms with Crippen LogP contribution in [0.2, 0.25) is 0 Å². The van der Waals surface area contributed by atoms with Crippen molar-refractivity contribution >= 4 is 29.1 Å². The van der Waals surface area contributed by atoms with Crippen molar-refractivity contribution in [3.63, 3.8) is 0 Å². The lowest BCUT2D eigenvalue weighted by Crippen LogP contribution is -2.48. The van der Waals surface area contributed by atoms with Gasteiger partial charge in [0.05, 0.1) is 18.6 Å². The highest BCUT2D eigenvalue weighted by molar-refractivity contribution is 7.12. The van der Waals surface area contributed by atoms with Crippen LogP contribution in [0.3, 0.4) is 0 Å². The number of hydrazine groups is 1. The van der Waals surface area contributed by atoms with Gasteiger partial charge < -0.3 is 14.4 Å². The molecule has 0 unspecified atom stereocenters. The minimum atomic E-state index is -0.445.